The van der Waals surface area contributed by atoms with Crippen molar-refractivity contribution in [2.24, 2.45) is 16.9 Å². The lowest BCUT2D eigenvalue weighted by Gasteiger charge is -2.32. The summed E-state index contributed by atoms with van der Waals surface area (Å²) in [6, 6.07) is -1.14. The van der Waals surface area contributed by atoms with Crippen molar-refractivity contribution in [1.82, 2.24) is 10.6 Å². The Labute approximate surface area is 252 Å². The second kappa shape index (κ2) is 23.2. The number of nitrogens with one attached hydrogen (secondary N) is 2. The average Bonchev–Trinajstić information content (AvgIpc) is 2.84. The molecule has 13 heteroatoms. The number of ether oxygens (including phenoxy) is 6. The Morgan fingerprint density at radius 1 is 0.714 bits per heavy atom. The van der Waals surface area contributed by atoms with Crippen molar-refractivity contribution in [3.05, 3.63) is 11.6 Å². The Morgan fingerprint density at radius 2 is 1.02 bits per heavy atom. The largest absolute Gasteiger partial charge is 0.352 e. The molecule has 0 aromatic heterocycles. The van der Waals surface area contributed by atoms with Gasteiger partial charge in [-0.1, -0.05) is 19.4 Å². The zero-order valence-electron chi connectivity index (χ0n) is 27.4. The molecule has 0 radical (unpaired) electrons. The molecule has 6 N–H and O–H groups in total. The van der Waals surface area contributed by atoms with E-state index in [-0.39, 0.29) is 11.2 Å². The van der Waals surface area contributed by atoms with Crippen molar-refractivity contribution in [2.75, 3.05) is 52.7 Å². The van der Waals surface area contributed by atoms with Gasteiger partial charge in [0.2, 0.25) is 0 Å². The van der Waals surface area contributed by atoms with Crippen molar-refractivity contribution >= 4 is 17.8 Å². The fourth-order valence-electron chi connectivity index (χ4n) is 4.35. The summed E-state index contributed by atoms with van der Waals surface area (Å²) in [5.41, 5.74) is 11.4. The smallest absolute Gasteiger partial charge is 0.312 e. The van der Waals surface area contributed by atoms with Crippen LogP contribution in [0.2, 0.25) is 0 Å². The first-order valence-electron chi connectivity index (χ1n) is 14.8. The van der Waals surface area contributed by atoms with Crippen LogP contribution >= 0.6 is 0 Å². The van der Waals surface area contributed by atoms with Crippen LogP contribution in [0, 0.1) is 5.41 Å². The van der Waals surface area contributed by atoms with E-state index in [1.807, 2.05) is 48.5 Å². The van der Waals surface area contributed by atoms with E-state index in [1.54, 1.807) is 6.08 Å². The molecule has 0 aliphatic heterocycles. The Bertz CT molecular complexity index is 715. The van der Waals surface area contributed by atoms with Gasteiger partial charge in [-0.15, -0.1) is 0 Å². The zero-order chi connectivity index (χ0) is 32.7. The summed E-state index contributed by atoms with van der Waals surface area (Å²) < 4.78 is 32.7. The van der Waals surface area contributed by atoms with Crippen LogP contribution in [-0.4, -0.2) is 82.5 Å². The van der Waals surface area contributed by atoms with Gasteiger partial charge in [0.05, 0.1) is 0 Å². The Kier molecular flexibility index (Phi) is 23.1. The molecule has 0 bridgehead atoms. The molecule has 1 rings (SSSR count). The summed E-state index contributed by atoms with van der Waals surface area (Å²) in [6.07, 6.45) is 4.34. The van der Waals surface area contributed by atoms with Crippen LogP contribution in [0.1, 0.15) is 88.0 Å². The number of urea groups is 2. The molecule has 0 aromatic rings. The number of rotatable bonds is 18. The van der Waals surface area contributed by atoms with Crippen LogP contribution in [0.4, 0.5) is 9.59 Å². The van der Waals surface area contributed by atoms with Gasteiger partial charge in [-0.2, -0.15) is 0 Å². The maximum atomic E-state index is 11.0. The highest BCUT2D eigenvalue weighted by Crippen LogP contribution is 2.33. The number of hydrogen-bond donors (Lipinski definition) is 4. The molecular formula is C29H58N4O9. The van der Waals surface area contributed by atoms with Gasteiger partial charge in [-0.05, 0) is 66.4 Å². The summed E-state index contributed by atoms with van der Waals surface area (Å²) in [5.74, 6) is -1.88. The number of nitrogens with two attached hydrogens (primary N) is 2. The maximum Gasteiger partial charge on any atom is 0.312 e. The Hall–Kier alpha value is -2.29. The predicted molar refractivity (Wildman–Crippen MR) is 161 cm³/mol. The van der Waals surface area contributed by atoms with Crippen LogP contribution in [0.5, 0.6) is 0 Å². The molecule has 0 fully saturated rings. The number of primary amides is 2. The highest BCUT2D eigenvalue weighted by Gasteiger charge is 2.33. The standard InChI is InChI=1S/2C10H22N2O4.C9H14O/c2*1-4-14-10(15-5-2,16-6-3)7-8-12-9(11)13;1-7-4-8(10)6-9(2,3)5-7/h2*4-8H2,1-3H3,(H3,11,12,13);4H,5-6H2,1-3H3. The number of allylic oxidation sites excluding steroid dienone is 2. The van der Waals surface area contributed by atoms with Gasteiger partial charge in [0.1, 0.15) is 0 Å². The molecule has 4 amide bonds. The van der Waals surface area contributed by atoms with Crippen molar-refractivity contribution in [3.8, 4) is 0 Å². The van der Waals surface area contributed by atoms with E-state index in [2.05, 4.69) is 24.5 Å². The minimum Gasteiger partial charge on any atom is -0.352 e. The summed E-state index contributed by atoms with van der Waals surface area (Å²) in [6.45, 7) is 20.9. The molecule has 0 saturated carbocycles. The fraction of sp³-hybridized carbons (Fsp3) is 0.828. The van der Waals surface area contributed by atoms with E-state index >= 15 is 0 Å². The second-order valence-electron chi connectivity index (χ2n) is 10.0. The molecule has 0 unspecified atom stereocenters. The van der Waals surface area contributed by atoms with E-state index in [1.165, 1.54) is 5.57 Å². The van der Waals surface area contributed by atoms with Gasteiger partial charge >= 0.3 is 12.1 Å². The Morgan fingerprint density at radius 3 is 1.24 bits per heavy atom. The molecular weight excluding hydrogens is 548 g/mol. The number of amides is 4. The number of hydrogen-bond acceptors (Lipinski definition) is 9. The maximum absolute atomic E-state index is 11.0. The molecule has 0 saturated heterocycles. The minimum absolute atomic E-state index is 0.204. The van der Waals surface area contributed by atoms with Gasteiger partial charge in [-0.3, -0.25) is 4.79 Å². The molecule has 0 heterocycles. The third kappa shape index (κ3) is 20.6. The number of ketones is 1. The van der Waals surface area contributed by atoms with Crippen LogP contribution in [0.3, 0.4) is 0 Å². The van der Waals surface area contributed by atoms with Crippen LogP contribution in [0.25, 0.3) is 0 Å². The summed E-state index contributed by atoms with van der Waals surface area (Å²) >= 11 is 0. The molecule has 0 aromatic carbocycles. The van der Waals surface area contributed by atoms with Gasteiger partial charge in [0.15, 0.2) is 5.78 Å². The number of carbonyl (C=O) groups is 3. The number of carbonyl (C=O) groups excluding carboxylic acids is 3. The van der Waals surface area contributed by atoms with Crippen molar-refractivity contribution < 1.29 is 42.8 Å². The molecule has 42 heavy (non-hydrogen) atoms. The van der Waals surface area contributed by atoms with E-state index in [0.717, 1.165) is 6.42 Å². The first-order chi connectivity index (χ1) is 19.7. The predicted octanol–water partition coefficient (Wildman–Crippen LogP) is 3.94. The summed E-state index contributed by atoms with van der Waals surface area (Å²) in [5, 5.41) is 4.95. The summed E-state index contributed by atoms with van der Waals surface area (Å²) in [7, 11) is 0. The highest BCUT2D eigenvalue weighted by molar-refractivity contribution is 5.91. The lowest BCUT2D eigenvalue weighted by atomic mass is 9.77. The van der Waals surface area contributed by atoms with Gasteiger partial charge in [0.25, 0.3) is 11.9 Å². The topological polar surface area (TPSA) is 183 Å². The Balaban J connectivity index is 0. The van der Waals surface area contributed by atoms with Gasteiger partial charge < -0.3 is 50.5 Å². The average molecular weight is 607 g/mol. The first kappa shape index (κ1) is 41.8. The molecule has 1 aliphatic carbocycles. The molecule has 13 nitrogen and oxygen atoms in total. The quantitative estimate of drug-likeness (QED) is 0.168. The van der Waals surface area contributed by atoms with Crippen LogP contribution < -0.4 is 22.1 Å². The lowest BCUT2D eigenvalue weighted by molar-refractivity contribution is -0.379. The SMILES string of the molecule is CC1=CC(=O)CC(C)(C)C1.CCOC(CCNC(N)=O)(OCC)OCC.CCOC(CCNC(N)=O)(OCC)OCC. The van der Waals surface area contributed by atoms with Crippen LogP contribution in [-0.2, 0) is 33.2 Å². The lowest BCUT2D eigenvalue weighted by Crippen LogP contribution is -2.43. The van der Waals surface area contributed by atoms with Gasteiger partial charge in [0, 0.05) is 72.0 Å². The molecule has 248 valence electrons. The zero-order valence-corrected chi connectivity index (χ0v) is 27.4. The van der Waals surface area contributed by atoms with Crippen molar-refractivity contribution in [2.45, 2.75) is 99.9 Å². The summed E-state index contributed by atoms with van der Waals surface area (Å²) in [4.78, 5) is 32.1. The third-order valence-corrected chi connectivity index (χ3v) is 5.46. The molecule has 1 aliphatic rings. The van der Waals surface area contributed by atoms with E-state index in [4.69, 9.17) is 39.9 Å². The van der Waals surface area contributed by atoms with E-state index in [0.29, 0.717) is 72.0 Å². The van der Waals surface area contributed by atoms with Crippen LogP contribution in [0.15, 0.2) is 11.6 Å². The monoisotopic (exact) mass is 606 g/mol. The van der Waals surface area contributed by atoms with Crippen molar-refractivity contribution in [1.29, 1.82) is 0 Å². The molecule has 0 spiro atoms. The van der Waals surface area contributed by atoms with E-state index in [9.17, 15) is 14.4 Å². The fourth-order valence-corrected chi connectivity index (χ4v) is 4.35. The second-order valence-corrected chi connectivity index (χ2v) is 10.0. The first-order valence-corrected chi connectivity index (χ1v) is 14.8. The normalized spacial score (nSPS) is 14.5. The van der Waals surface area contributed by atoms with E-state index < -0.39 is 24.0 Å². The minimum atomic E-state index is -1.08. The third-order valence-electron chi connectivity index (χ3n) is 5.46. The van der Waals surface area contributed by atoms with Crippen molar-refractivity contribution in [3.63, 3.8) is 0 Å². The highest BCUT2D eigenvalue weighted by atomic mass is 16.9. The molecule has 0 atom stereocenters. The van der Waals surface area contributed by atoms with Gasteiger partial charge in [-0.25, -0.2) is 9.59 Å².